The molecule has 0 radical (unpaired) electrons. The summed E-state index contributed by atoms with van der Waals surface area (Å²) in [5.74, 6) is 1.58. The van der Waals surface area contributed by atoms with Gasteiger partial charge in [0.25, 0.3) is 5.91 Å². The number of nitrogen functional groups attached to an aromatic ring is 1. The zero-order chi connectivity index (χ0) is 58.0. The van der Waals surface area contributed by atoms with E-state index in [2.05, 4.69) is 30.9 Å². The predicted octanol–water partition coefficient (Wildman–Crippen LogP) is 12.9. The van der Waals surface area contributed by atoms with E-state index in [0.717, 1.165) is 34.1 Å². The number of rotatable bonds is 11. The molecule has 12 rings (SSSR count). The lowest BCUT2D eigenvalue weighted by atomic mass is 10.2. The minimum atomic E-state index is -0.648. The van der Waals surface area contributed by atoms with Gasteiger partial charge in [-0.25, -0.2) is 4.98 Å². The van der Waals surface area contributed by atoms with Crippen LogP contribution < -0.4 is 43.7 Å². The first-order chi connectivity index (χ1) is 40.1. The molecule has 7 N–H and O–H groups in total. The number of amides is 1. The van der Waals surface area contributed by atoms with Crippen molar-refractivity contribution < 1.29 is 9.59 Å². The first kappa shape index (κ1) is 56.9. The van der Waals surface area contributed by atoms with Crippen LogP contribution in [-0.2, 0) is 0 Å². The van der Waals surface area contributed by atoms with Gasteiger partial charge in [-0.3, -0.25) is 47.6 Å². The van der Waals surface area contributed by atoms with Crippen LogP contribution in [0.25, 0.3) is 49.8 Å². The Hall–Kier alpha value is -11.3. The van der Waals surface area contributed by atoms with Gasteiger partial charge in [0.05, 0.1) is 32.7 Å². The smallest absolute Gasteiger partial charge is 0.267 e. The number of anilines is 7. The number of nitrogens with two attached hydrogens (primary N) is 2. The van der Waals surface area contributed by atoms with E-state index in [4.69, 9.17) is 11.5 Å². The second kappa shape index (κ2) is 27.4. The largest absolute Gasteiger partial charge is 0.384 e. The summed E-state index contributed by atoms with van der Waals surface area (Å²) in [7, 11) is 0. The Balaban J connectivity index is 0.000000156. The van der Waals surface area contributed by atoms with E-state index < -0.39 is 5.91 Å². The lowest BCUT2D eigenvalue weighted by molar-refractivity contribution is 0.0995. The number of aldehydes is 1. The van der Waals surface area contributed by atoms with Crippen LogP contribution in [0.1, 0.15) is 48.7 Å². The molecular weight excluding hydrogens is 1030 g/mol. The Morgan fingerprint density at radius 1 is 0.415 bits per heavy atom. The lowest BCUT2D eigenvalue weighted by Gasteiger charge is -2.18. The third-order valence-corrected chi connectivity index (χ3v) is 12.3. The maximum Gasteiger partial charge on any atom is 0.267 e. The second-order valence-corrected chi connectivity index (χ2v) is 17.5. The summed E-state index contributed by atoms with van der Waals surface area (Å²) in [4.78, 5) is 72.7. The number of aromatic nitrogens is 6. The van der Waals surface area contributed by atoms with E-state index in [0.29, 0.717) is 62.3 Å². The molecule has 0 saturated carbocycles. The molecule has 6 heterocycles. The average Bonchev–Trinajstić information content (AvgIpc) is 3.62. The first-order valence-electron chi connectivity index (χ1n) is 26.4. The average molecular weight is 1090 g/mol. The molecule has 82 heavy (non-hydrogen) atoms. The number of nitrogens with one attached hydrogen (secondary N) is 3. The Morgan fingerprint density at radius 2 is 0.720 bits per heavy atom. The Kier molecular flexibility index (Phi) is 19.0. The summed E-state index contributed by atoms with van der Waals surface area (Å²) in [5, 5.41) is 11.3. The van der Waals surface area contributed by atoms with E-state index in [-0.39, 0.29) is 27.7 Å². The summed E-state index contributed by atoms with van der Waals surface area (Å²) in [6.07, 6.45) is 5.05. The van der Waals surface area contributed by atoms with Crippen molar-refractivity contribution in [3.63, 3.8) is 0 Å². The van der Waals surface area contributed by atoms with Crippen molar-refractivity contribution in [2.45, 2.75) is 27.7 Å². The second-order valence-electron chi connectivity index (χ2n) is 17.5. The highest BCUT2D eigenvalue weighted by molar-refractivity contribution is 5.95. The van der Waals surface area contributed by atoms with Gasteiger partial charge in [0.2, 0.25) is 0 Å². The number of para-hydroxylation sites is 6. The van der Waals surface area contributed by atoms with Gasteiger partial charge < -0.3 is 27.4 Å². The van der Waals surface area contributed by atoms with Gasteiger partial charge in [-0.05, 0) is 84.9 Å². The molecule has 6 aromatic carbocycles. The molecule has 0 saturated heterocycles. The monoisotopic (exact) mass is 1090 g/mol. The van der Waals surface area contributed by atoms with Crippen LogP contribution >= 0.6 is 0 Å². The Morgan fingerprint density at radius 3 is 1.06 bits per heavy atom. The fraction of sp³-hybridized carbons (Fsp3) is 0.0606. The van der Waals surface area contributed by atoms with Gasteiger partial charge in [0.1, 0.15) is 34.7 Å². The number of primary amides is 1. The molecular formula is C66H59N11O5. The molecule has 0 bridgehead atoms. The molecule has 0 atom stereocenters. The maximum atomic E-state index is 12.6. The van der Waals surface area contributed by atoms with Crippen LogP contribution in [0.4, 0.5) is 40.3 Å². The highest BCUT2D eigenvalue weighted by Gasteiger charge is 2.17. The minimum Gasteiger partial charge on any atom is -0.384 e. The summed E-state index contributed by atoms with van der Waals surface area (Å²) >= 11 is 0. The molecule has 16 heteroatoms. The van der Waals surface area contributed by atoms with Gasteiger partial charge in [-0.15, -0.1) is 0 Å². The number of carbonyl (C=O) groups is 2. The highest BCUT2D eigenvalue weighted by Crippen LogP contribution is 2.29. The van der Waals surface area contributed by atoms with Crippen molar-refractivity contribution in [3.05, 3.63) is 279 Å². The third-order valence-electron chi connectivity index (χ3n) is 12.3. The van der Waals surface area contributed by atoms with Crippen LogP contribution in [0.3, 0.4) is 0 Å². The molecule has 0 unspecified atom stereocenters. The summed E-state index contributed by atoms with van der Waals surface area (Å²) in [6, 6.07) is 67.5. The third kappa shape index (κ3) is 13.3. The molecule has 0 aliphatic carbocycles. The number of benzene rings is 6. The predicted molar refractivity (Wildman–Crippen MR) is 332 cm³/mol. The molecule has 408 valence electrons. The van der Waals surface area contributed by atoms with Crippen LogP contribution in [0.15, 0.2) is 251 Å². The van der Waals surface area contributed by atoms with E-state index in [9.17, 15) is 24.0 Å². The van der Waals surface area contributed by atoms with Crippen molar-refractivity contribution in [2.75, 3.05) is 21.7 Å². The van der Waals surface area contributed by atoms with Crippen molar-refractivity contribution >= 4 is 85.2 Å². The van der Waals surface area contributed by atoms with Gasteiger partial charge in [0, 0.05) is 77.0 Å². The van der Waals surface area contributed by atoms with Crippen molar-refractivity contribution in [3.8, 4) is 17.1 Å². The molecule has 0 aliphatic heterocycles. The van der Waals surface area contributed by atoms with Gasteiger partial charge in [0.15, 0.2) is 22.6 Å². The Labute approximate surface area is 472 Å². The van der Waals surface area contributed by atoms with E-state index in [1.807, 2.05) is 223 Å². The summed E-state index contributed by atoms with van der Waals surface area (Å²) < 4.78 is 5.76. The summed E-state index contributed by atoms with van der Waals surface area (Å²) in [6.45, 7) is 8.00. The first-order valence-corrected chi connectivity index (χ1v) is 26.4. The fourth-order valence-electron chi connectivity index (χ4n) is 8.73. The van der Waals surface area contributed by atoms with Crippen molar-refractivity contribution in [2.24, 2.45) is 5.73 Å². The normalized spacial score (nSPS) is 10.3. The number of hydrogen-bond donors (Lipinski definition) is 5. The number of hydrogen-bond acceptors (Lipinski definition) is 12. The van der Waals surface area contributed by atoms with Gasteiger partial charge in [-0.2, -0.15) is 0 Å². The van der Waals surface area contributed by atoms with Crippen LogP contribution in [0, 0.1) is 0 Å². The number of fused-ring (bicyclic) bond motifs is 3. The fourth-order valence-corrected chi connectivity index (χ4v) is 8.73. The summed E-state index contributed by atoms with van der Waals surface area (Å²) in [5.41, 5.74) is 18.3. The lowest BCUT2D eigenvalue weighted by Crippen LogP contribution is -2.16. The highest BCUT2D eigenvalue weighted by atomic mass is 16.1. The van der Waals surface area contributed by atoms with Gasteiger partial charge in [-0.1, -0.05) is 137 Å². The Bertz CT molecular complexity index is 4300. The van der Waals surface area contributed by atoms with Crippen LogP contribution in [-0.4, -0.2) is 40.8 Å². The zero-order valence-electron chi connectivity index (χ0n) is 45.5. The SMILES string of the molecule is CC.CC.NC(=O)c1cc2c(cn1)c(=O)cc(Nc1ccccc1)n2-c1ccccc1.Nc1cc2c(cn1)c(=O)cc(Nc1ccccc1)n2-c1ccccc1.O=Cc1cc2c(cn1)c(=O)cc(Nc1ccccc1)n2-c1ccccc1. The van der Waals surface area contributed by atoms with Crippen molar-refractivity contribution in [1.29, 1.82) is 0 Å². The zero-order valence-corrected chi connectivity index (χ0v) is 45.5. The number of pyridine rings is 6. The maximum absolute atomic E-state index is 12.6. The molecule has 0 fully saturated rings. The molecule has 0 aliphatic rings. The topological polar surface area (TPSA) is 227 Å². The van der Waals surface area contributed by atoms with Crippen LogP contribution in [0.5, 0.6) is 0 Å². The molecule has 16 nitrogen and oxygen atoms in total. The standard InChI is InChI=1S/C21H16N4O2.C21H15N3O2.C20H16N4O.2C2H6/c22-21(27)17-11-18-16(13-23-17)19(26)12-20(24-14-7-3-1-4-8-14)25(18)15-9-5-2-6-10-15;25-14-16-11-19-18(13-22-16)20(26)12-21(23-15-7-3-1-4-8-15)24(19)17-9-5-2-6-10-17;21-19-11-17-16(13-22-19)18(25)12-20(23-14-7-3-1-4-8-14)24(17)15-9-5-2-6-10-15;2*1-2/h1-13,24H,(H2,22,27);1-14,23H;1-13,23H,(H2,21,22);2*1-2H3. The van der Waals surface area contributed by atoms with Gasteiger partial charge >= 0.3 is 0 Å². The molecule has 12 aromatic rings. The van der Waals surface area contributed by atoms with E-state index in [1.165, 1.54) is 24.7 Å². The van der Waals surface area contributed by atoms with E-state index in [1.54, 1.807) is 30.3 Å². The number of nitrogens with zero attached hydrogens (tertiary/aromatic N) is 6. The van der Waals surface area contributed by atoms with E-state index >= 15 is 0 Å². The van der Waals surface area contributed by atoms with Crippen LogP contribution in [0.2, 0.25) is 0 Å². The number of carbonyl (C=O) groups excluding carboxylic acids is 2. The molecule has 1 amide bonds. The molecule has 0 spiro atoms. The minimum absolute atomic E-state index is 0.100. The quantitative estimate of drug-likeness (QED) is 0.0762. The molecule has 6 aromatic heterocycles. The van der Waals surface area contributed by atoms with Crippen molar-refractivity contribution in [1.82, 2.24) is 28.7 Å².